The zero-order chi connectivity index (χ0) is 8.58. The molecule has 3 nitrogen and oxygen atoms in total. The zero-order valence-electron chi connectivity index (χ0n) is 6.75. The van der Waals surface area contributed by atoms with Gasteiger partial charge in [-0.05, 0) is 12.3 Å². The number of hydrogen-bond acceptors (Lipinski definition) is 2. The van der Waals surface area contributed by atoms with E-state index in [-0.39, 0.29) is 0 Å². The monoisotopic (exact) mass is 166 g/mol. The first kappa shape index (κ1) is 9.91. The lowest BCUT2D eigenvalue weighted by molar-refractivity contribution is 0.364. The van der Waals surface area contributed by atoms with Crippen molar-refractivity contribution in [1.29, 1.82) is 0 Å². The first-order valence-corrected chi connectivity index (χ1v) is 4.62. The summed E-state index contributed by atoms with van der Waals surface area (Å²) in [6.07, 6.45) is 0. The standard InChI is InChI=1S/C6H14O3S/c1-5(6(2,3)4)10(7,8)9/h5H,1-4H3,(H,7,8,9). The van der Waals surface area contributed by atoms with Crippen molar-refractivity contribution in [1.82, 2.24) is 0 Å². The lowest BCUT2D eigenvalue weighted by Crippen LogP contribution is -2.30. The van der Waals surface area contributed by atoms with Crippen LogP contribution in [0.5, 0.6) is 0 Å². The van der Waals surface area contributed by atoms with Crippen molar-refractivity contribution in [3.63, 3.8) is 0 Å². The molecule has 0 bridgehead atoms. The van der Waals surface area contributed by atoms with Gasteiger partial charge in [0.1, 0.15) is 0 Å². The summed E-state index contributed by atoms with van der Waals surface area (Å²) in [7, 11) is -3.86. The molecular weight excluding hydrogens is 152 g/mol. The molecule has 0 rings (SSSR count). The lowest BCUT2D eigenvalue weighted by atomic mass is 9.93. The fraction of sp³-hybridized carbons (Fsp3) is 1.00. The second-order valence-electron chi connectivity index (χ2n) is 3.52. The van der Waals surface area contributed by atoms with Gasteiger partial charge < -0.3 is 0 Å². The third-order valence-corrected chi connectivity index (χ3v) is 3.27. The largest absolute Gasteiger partial charge is 0.285 e. The summed E-state index contributed by atoms with van der Waals surface area (Å²) in [5.74, 6) is 0. The van der Waals surface area contributed by atoms with Crippen molar-refractivity contribution < 1.29 is 13.0 Å². The Bertz CT molecular complexity index is 198. The summed E-state index contributed by atoms with van der Waals surface area (Å²) in [5.41, 5.74) is -0.395. The highest BCUT2D eigenvalue weighted by molar-refractivity contribution is 7.86. The average molecular weight is 166 g/mol. The molecule has 0 aromatic carbocycles. The van der Waals surface area contributed by atoms with E-state index in [1.54, 1.807) is 20.8 Å². The maximum atomic E-state index is 10.5. The molecule has 1 atom stereocenters. The van der Waals surface area contributed by atoms with Gasteiger partial charge in [-0.2, -0.15) is 8.42 Å². The average Bonchev–Trinajstić information content (AvgIpc) is 1.59. The predicted octanol–water partition coefficient (Wildman–Crippen LogP) is 1.31. The summed E-state index contributed by atoms with van der Waals surface area (Å²) in [6, 6.07) is 0. The van der Waals surface area contributed by atoms with E-state index >= 15 is 0 Å². The number of hydrogen-bond donors (Lipinski definition) is 1. The highest BCUT2D eigenvalue weighted by atomic mass is 32.2. The SMILES string of the molecule is CC(C(C)(C)C)S(=O)(=O)O. The molecule has 0 spiro atoms. The van der Waals surface area contributed by atoms with Crippen molar-refractivity contribution >= 4 is 10.1 Å². The highest BCUT2D eigenvalue weighted by Gasteiger charge is 2.30. The van der Waals surface area contributed by atoms with Gasteiger partial charge in [-0.3, -0.25) is 4.55 Å². The summed E-state index contributed by atoms with van der Waals surface area (Å²) in [4.78, 5) is 0. The van der Waals surface area contributed by atoms with E-state index < -0.39 is 20.8 Å². The Kier molecular flexibility index (Phi) is 2.49. The Morgan fingerprint density at radius 1 is 1.30 bits per heavy atom. The molecule has 0 saturated carbocycles. The predicted molar refractivity (Wildman–Crippen MR) is 40.5 cm³/mol. The lowest BCUT2D eigenvalue weighted by Gasteiger charge is -2.23. The Labute approximate surface area is 62.2 Å². The van der Waals surface area contributed by atoms with E-state index in [1.807, 2.05) is 0 Å². The minimum absolute atomic E-state index is 0.395. The van der Waals surface area contributed by atoms with E-state index in [0.29, 0.717) is 0 Å². The van der Waals surface area contributed by atoms with E-state index in [1.165, 1.54) is 6.92 Å². The molecule has 0 aliphatic heterocycles. The normalized spacial score (nSPS) is 16.9. The van der Waals surface area contributed by atoms with Gasteiger partial charge in [-0.1, -0.05) is 20.8 Å². The summed E-state index contributed by atoms with van der Waals surface area (Å²) >= 11 is 0. The molecule has 10 heavy (non-hydrogen) atoms. The molecule has 1 N–H and O–H groups in total. The minimum Gasteiger partial charge on any atom is -0.285 e. The van der Waals surface area contributed by atoms with Crippen molar-refractivity contribution in [3.8, 4) is 0 Å². The van der Waals surface area contributed by atoms with Gasteiger partial charge in [0.2, 0.25) is 0 Å². The van der Waals surface area contributed by atoms with Crippen LogP contribution in [0.2, 0.25) is 0 Å². The van der Waals surface area contributed by atoms with Crippen LogP contribution in [-0.2, 0) is 10.1 Å². The second-order valence-corrected chi connectivity index (χ2v) is 5.26. The van der Waals surface area contributed by atoms with Gasteiger partial charge in [0.15, 0.2) is 0 Å². The van der Waals surface area contributed by atoms with Crippen LogP contribution in [0, 0.1) is 5.41 Å². The highest BCUT2D eigenvalue weighted by Crippen LogP contribution is 2.23. The van der Waals surface area contributed by atoms with E-state index in [0.717, 1.165) is 0 Å². The van der Waals surface area contributed by atoms with Crippen molar-refractivity contribution in [2.24, 2.45) is 5.41 Å². The molecule has 1 unspecified atom stereocenters. The molecule has 0 aromatic rings. The maximum Gasteiger partial charge on any atom is 0.268 e. The van der Waals surface area contributed by atoms with Crippen LogP contribution < -0.4 is 0 Å². The van der Waals surface area contributed by atoms with Crippen LogP contribution in [0.25, 0.3) is 0 Å². The minimum atomic E-state index is -3.86. The Hall–Kier alpha value is -0.0900. The molecule has 62 valence electrons. The quantitative estimate of drug-likeness (QED) is 0.597. The van der Waals surface area contributed by atoms with Gasteiger partial charge in [0.05, 0.1) is 5.25 Å². The summed E-state index contributed by atoms with van der Waals surface area (Å²) in [6.45, 7) is 6.80. The zero-order valence-corrected chi connectivity index (χ0v) is 7.57. The molecule has 0 fully saturated rings. The molecule has 4 heteroatoms. The third kappa shape index (κ3) is 2.66. The molecular formula is C6H14O3S. The first-order chi connectivity index (χ1) is 4.15. The van der Waals surface area contributed by atoms with Crippen LogP contribution in [0.15, 0.2) is 0 Å². The maximum absolute atomic E-state index is 10.5. The molecule has 0 saturated heterocycles. The molecule has 0 heterocycles. The van der Waals surface area contributed by atoms with E-state index in [9.17, 15) is 8.42 Å². The van der Waals surface area contributed by atoms with Gasteiger partial charge in [0, 0.05) is 0 Å². The molecule has 0 aliphatic rings. The van der Waals surface area contributed by atoms with Crippen LogP contribution in [0.3, 0.4) is 0 Å². The van der Waals surface area contributed by atoms with Crippen LogP contribution >= 0.6 is 0 Å². The van der Waals surface area contributed by atoms with Gasteiger partial charge in [0.25, 0.3) is 10.1 Å². The van der Waals surface area contributed by atoms with Gasteiger partial charge in [-0.25, -0.2) is 0 Å². The van der Waals surface area contributed by atoms with Gasteiger partial charge in [-0.15, -0.1) is 0 Å². The van der Waals surface area contributed by atoms with Gasteiger partial charge >= 0.3 is 0 Å². The van der Waals surface area contributed by atoms with Crippen LogP contribution in [-0.4, -0.2) is 18.2 Å². The molecule has 0 aromatic heterocycles. The fourth-order valence-corrected chi connectivity index (χ4v) is 1.34. The fourth-order valence-electron chi connectivity index (χ4n) is 0.447. The van der Waals surface area contributed by atoms with E-state index in [2.05, 4.69) is 0 Å². The third-order valence-electron chi connectivity index (χ3n) is 1.67. The Balaban J connectivity index is 4.56. The summed E-state index contributed by atoms with van der Waals surface area (Å²) < 4.78 is 29.7. The first-order valence-electron chi connectivity index (χ1n) is 3.12. The van der Waals surface area contributed by atoms with Crippen LogP contribution in [0.4, 0.5) is 0 Å². The second kappa shape index (κ2) is 2.51. The van der Waals surface area contributed by atoms with Crippen molar-refractivity contribution in [2.75, 3.05) is 0 Å². The topological polar surface area (TPSA) is 54.4 Å². The molecule has 0 radical (unpaired) electrons. The van der Waals surface area contributed by atoms with Crippen molar-refractivity contribution in [3.05, 3.63) is 0 Å². The summed E-state index contributed by atoms with van der Waals surface area (Å²) in [5, 5.41) is -0.708. The molecule has 0 amide bonds. The van der Waals surface area contributed by atoms with Crippen molar-refractivity contribution in [2.45, 2.75) is 32.9 Å². The number of rotatable bonds is 1. The Morgan fingerprint density at radius 3 is 1.60 bits per heavy atom. The Morgan fingerprint density at radius 2 is 1.60 bits per heavy atom. The molecule has 0 aliphatic carbocycles. The smallest absolute Gasteiger partial charge is 0.268 e. The van der Waals surface area contributed by atoms with E-state index in [4.69, 9.17) is 4.55 Å². The van der Waals surface area contributed by atoms with Crippen LogP contribution in [0.1, 0.15) is 27.7 Å².